The fourth-order valence-corrected chi connectivity index (χ4v) is 1.59. The average Bonchev–Trinajstić information content (AvgIpc) is 2.51. The van der Waals surface area contributed by atoms with Crippen molar-refractivity contribution in [2.75, 3.05) is 6.61 Å². The molecule has 0 rings (SSSR count). The summed E-state index contributed by atoms with van der Waals surface area (Å²) in [5, 5.41) is 8.30. The SMILES string of the molecule is CCCCC(CC)COC(=O)/C=C\C(=O)OC(=O)/C=C\C(=O)O. The summed E-state index contributed by atoms with van der Waals surface area (Å²) in [6.45, 7) is 4.37. The van der Waals surface area contributed by atoms with Gasteiger partial charge in [-0.2, -0.15) is 0 Å². The summed E-state index contributed by atoms with van der Waals surface area (Å²) >= 11 is 0. The number of ether oxygens (including phenoxy) is 2. The Morgan fingerprint density at radius 1 is 0.957 bits per heavy atom. The molecule has 7 heteroatoms. The van der Waals surface area contributed by atoms with E-state index in [1.807, 2.05) is 6.92 Å². The molecule has 0 aliphatic heterocycles. The molecule has 0 fully saturated rings. The highest BCUT2D eigenvalue weighted by Gasteiger charge is 2.09. The van der Waals surface area contributed by atoms with Gasteiger partial charge in [-0.05, 0) is 12.3 Å². The zero-order valence-electron chi connectivity index (χ0n) is 13.3. The van der Waals surface area contributed by atoms with Crippen LogP contribution in [0, 0.1) is 5.92 Å². The second-order valence-electron chi connectivity index (χ2n) is 4.79. The third kappa shape index (κ3) is 11.9. The predicted molar refractivity (Wildman–Crippen MR) is 81.3 cm³/mol. The van der Waals surface area contributed by atoms with Crippen molar-refractivity contribution in [2.45, 2.75) is 39.5 Å². The standard InChI is InChI=1S/C16H22O7/c1-3-5-6-12(4-2)11-22-14(19)9-10-16(21)23-15(20)8-7-13(17)18/h7-10,12H,3-6,11H2,1-2H3,(H,17,18)/b8-7-,10-9-. The molecule has 0 heterocycles. The molecule has 0 aromatic rings. The van der Waals surface area contributed by atoms with E-state index < -0.39 is 23.9 Å². The summed E-state index contributed by atoms with van der Waals surface area (Å²) in [5.41, 5.74) is 0. The van der Waals surface area contributed by atoms with Crippen LogP contribution < -0.4 is 0 Å². The first-order chi connectivity index (χ1) is 10.9. The molecule has 0 saturated carbocycles. The van der Waals surface area contributed by atoms with Crippen LogP contribution in [-0.2, 0) is 28.7 Å². The second-order valence-corrected chi connectivity index (χ2v) is 4.79. The van der Waals surface area contributed by atoms with Gasteiger partial charge in [0.05, 0.1) is 6.61 Å². The van der Waals surface area contributed by atoms with Gasteiger partial charge in [0.15, 0.2) is 0 Å². The Kier molecular flexibility index (Phi) is 10.9. The number of carboxylic acid groups (broad SMARTS) is 1. The van der Waals surface area contributed by atoms with Gasteiger partial charge in [-0.3, -0.25) is 0 Å². The van der Waals surface area contributed by atoms with Gasteiger partial charge in [-0.1, -0.05) is 33.1 Å². The summed E-state index contributed by atoms with van der Waals surface area (Å²) < 4.78 is 9.24. The molecule has 0 saturated heterocycles. The van der Waals surface area contributed by atoms with Crippen molar-refractivity contribution in [3.8, 4) is 0 Å². The summed E-state index contributed by atoms with van der Waals surface area (Å²) in [7, 11) is 0. The molecule has 0 aromatic heterocycles. The van der Waals surface area contributed by atoms with Crippen molar-refractivity contribution in [2.24, 2.45) is 5.92 Å². The van der Waals surface area contributed by atoms with Crippen LogP contribution >= 0.6 is 0 Å². The molecule has 1 atom stereocenters. The maximum absolute atomic E-state index is 11.4. The average molecular weight is 326 g/mol. The van der Waals surface area contributed by atoms with Gasteiger partial charge in [0.2, 0.25) is 0 Å². The molecule has 1 N–H and O–H groups in total. The molecule has 0 spiro atoms. The third-order valence-corrected chi connectivity index (χ3v) is 2.92. The Labute approximate surface area is 135 Å². The van der Waals surface area contributed by atoms with Crippen LogP contribution in [0.15, 0.2) is 24.3 Å². The summed E-state index contributed by atoms with van der Waals surface area (Å²) in [5.74, 6) is -3.99. The third-order valence-electron chi connectivity index (χ3n) is 2.92. The zero-order valence-corrected chi connectivity index (χ0v) is 13.3. The van der Waals surface area contributed by atoms with Crippen LogP contribution in [0.5, 0.6) is 0 Å². The number of unbranched alkanes of at least 4 members (excludes halogenated alkanes) is 1. The number of hydrogen-bond acceptors (Lipinski definition) is 6. The van der Waals surface area contributed by atoms with Crippen LogP contribution in [0.4, 0.5) is 0 Å². The highest BCUT2D eigenvalue weighted by molar-refractivity contribution is 6.00. The minimum atomic E-state index is -1.35. The molecule has 1 unspecified atom stereocenters. The fourth-order valence-electron chi connectivity index (χ4n) is 1.59. The van der Waals surface area contributed by atoms with Gasteiger partial charge in [0.1, 0.15) is 0 Å². The maximum Gasteiger partial charge on any atom is 0.338 e. The molecule has 128 valence electrons. The van der Waals surface area contributed by atoms with E-state index in [2.05, 4.69) is 11.7 Å². The van der Waals surface area contributed by atoms with Gasteiger partial charge < -0.3 is 14.6 Å². The van der Waals surface area contributed by atoms with Crippen molar-refractivity contribution in [1.82, 2.24) is 0 Å². The van der Waals surface area contributed by atoms with E-state index in [-0.39, 0.29) is 12.5 Å². The lowest BCUT2D eigenvalue weighted by atomic mass is 10.0. The Hall–Kier alpha value is -2.44. The molecule has 0 aromatic carbocycles. The van der Waals surface area contributed by atoms with Gasteiger partial charge in [-0.25, -0.2) is 19.2 Å². The predicted octanol–water partition coefficient (Wildman–Crippen LogP) is 2.01. The highest BCUT2D eigenvalue weighted by Crippen LogP contribution is 2.12. The number of rotatable bonds is 10. The van der Waals surface area contributed by atoms with Crippen molar-refractivity contribution >= 4 is 23.9 Å². The van der Waals surface area contributed by atoms with E-state index in [1.54, 1.807) is 0 Å². The number of hydrogen-bond donors (Lipinski definition) is 1. The minimum Gasteiger partial charge on any atom is -0.478 e. The van der Waals surface area contributed by atoms with Crippen molar-refractivity contribution in [3.05, 3.63) is 24.3 Å². The molecule has 7 nitrogen and oxygen atoms in total. The van der Waals surface area contributed by atoms with Gasteiger partial charge in [0, 0.05) is 24.3 Å². The van der Waals surface area contributed by atoms with Crippen LogP contribution in [0.3, 0.4) is 0 Å². The van der Waals surface area contributed by atoms with E-state index in [1.165, 1.54) is 0 Å². The molecule has 0 aliphatic carbocycles. The molecule has 23 heavy (non-hydrogen) atoms. The van der Waals surface area contributed by atoms with Crippen LogP contribution in [0.25, 0.3) is 0 Å². The van der Waals surface area contributed by atoms with Crippen molar-refractivity contribution < 1.29 is 33.8 Å². The largest absolute Gasteiger partial charge is 0.478 e. The number of carbonyl (C=O) groups excluding carboxylic acids is 3. The lowest BCUT2D eigenvalue weighted by Gasteiger charge is -2.13. The topological polar surface area (TPSA) is 107 Å². The van der Waals surface area contributed by atoms with E-state index in [4.69, 9.17) is 9.84 Å². The molecule has 0 amide bonds. The Morgan fingerprint density at radius 2 is 1.52 bits per heavy atom. The van der Waals surface area contributed by atoms with Gasteiger partial charge >= 0.3 is 23.9 Å². The van der Waals surface area contributed by atoms with Crippen LogP contribution in [-0.4, -0.2) is 35.6 Å². The smallest absolute Gasteiger partial charge is 0.338 e. The monoisotopic (exact) mass is 326 g/mol. The molecule has 0 radical (unpaired) electrons. The van der Waals surface area contributed by atoms with Gasteiger partial charge in [0.25, 0.3) is 0 Å². The molecule has 0 aliphatic rings. The number of aliphatic carboxylic acids is 1. The molecular weight excluding hydrogens is 304 g/mol. The van der Waals surface area contributed by atoms with E-state index >= 15 is 0 Å². The normalized spacial score (nSPS) is 12.3. The second kappa shape index (κ2) is 12.1. The van der Waals surface area contributed by atoms with Crippen molar-refractivity contribution in [1.29, 1.82) is 0 Å². The first-order valence-electron chi connectivity index (χ1n) is 7.40. The quantitative estimate of drug-likeness (QED) is 0.372. The fraction of sp³-hybridized carbons (Fsp3) is 0.500. The Bertz CT molecular complexity index is 477. The van der Waals surface area contributed by atoms with Crippen LogP contribution in [0.2, 0.25) is 0 Å². The van der Waals surface area contributed by atoms with E-state index in [9.17, 15) is 19.2 Å². The summed E-state index contributed by atoms with van der Waals surface area (Å²) in [6, 6.07) is 0. The number of esters is 3. The first-order valence-corrected chi connectivity index (χ1v) is 7.40. The Morgan fingerprint density at radius 3 is 2.04 bits per heavy atom. The van der Waals surface area contributed by atoms with Crippen LogP contribution in [0.1, 0.15) is 39.5 Å². The maximum atomic E-state index is 11.4. The lowest BCUT2D eigenvalue weighted by molar-refractivity contribution is -0.153. The Balaban J connectivity index is 4.17. The number of carboxylic acids is 1. The zero-order chi connectivity index (χ0) is 17.7. The highest BCUT2D eigenvalue weighted by atomic mass is 16.6. The number of carbonyl (C=O) groups is 4. The summed E-state index contributed by atoms with van der Waals surface area (Å²) in [4.78, 5) is 43.8. The van der Waals surface area contributed by atoms with Gasteiger partial charge in [-0.15, -0.1) is 0 Å². The van der Waals surface area contributed by atoms with E-state index in [0.717, 1.165) is 37.8 Å². The molecule has 0 bridgehead atoms. The van der Waals surface area contributed by atoms with Crippen molar-refractivity contribution in [3.63, 3.8) is 0 Å². The minimum absolute atomic E-state index is 0.273. The first kappa shape index (κ1) is 20.6. The summed E-state index contributed by atoms with van der Waals surface area (Å²) in [6.07, 6.45) is 6.73. The lowest BCUT2D eigenvalue weighted by Crippen LogP contribution is -2.13. The van der Waals surface area contributed by atoms with E-state index in [0.29, 0.717) is 12.2 Å². The molecular formula is C16H22O7.